The third kappa shape index (κ3) is 7.49. The van der Waals surface area contributed by atoms with Gasteiger partial charge < -0.3 is 10.1 Å². The summed E-state index contributed by atoms with van der Waals surface area (Å²) in [5, 5.41) is 2.62. The minimum atomic E-state index is -4.40. The molecule has 0 atom stereocenters. The molecule has 0 aliphatic heterocycles. The lowest BCUT2D eigenvalue weighted by molar-refractivity contribution is -0.144. The number of nitrogens with one attached hydrogen (secondary N) is 1. The van der Waals surface area contributed by atoms with E-state index in [-0.39, 0.29) is 0 Å². The molecule has 0 spiro atoms. The predicted octanol–water partition coefficient (Wildman–Crippen LogP) is 3.18. The van der Waals surface area contributed by atoms with Crippen molar-refractivity contribution in [2.75, 3.05) is 6.61 Å². The molecule has 1 amide bonds. The number of amides is 1. The van der Waals surface area contributed by atoms with E-state index in [1.54, 1.807) is 20.8 Å². The van der Waals surface area contributed by atoms with E-state index in [1.807, 2.05) is 0 Å². The SMILES string of the molecule is CC(C)(C)NC(=O)COC(=O)/C=C/c1ccc(C(F)(F)F)cc1. The fraction of sp³-hybridized carbons (Fsp3) is 0.375. The molecule has 0 saturated heterocycles. The van der Waals surface area contributed by atoms with Gasteiger partial charge >= 0.3 is 12.1 Å². The largest absolute Gasteiger partial charge is 0.452 e. The van der Waals surface area contributed by atoms with Crippen LogP contribution in [-0.2, 0) is 20.5 Å². The zero-order chi connectivity index (χ0) is 17.7. The lowest BCUT2D eigenvalue weighted by Crippen LogP contribution is -2.42. The molecule has 126 valence electrons. The van der Waals surface area contributed by atoms with Gasteiger partial charge in [0.05, 0.1) is 5.56 Å². The number of alkyl halides is 3. The second-order valence-corrected chi connectivity index (χ2v) is 5.86. The Labute approximate surface area is 132 Å². The number of ether oxygens (including phenoxy) is 1. The highest BCUT2D eigenvalue weighted by Crippen LogP contribution is 2.29. The Morgan fingerprint density at radius 3 is 2.17 bits per heavy atom. The van der Waals surface area contributed by atoms with Crippen LogP contribution < -0.4 is 5.32 Å². The highest BCUT2D eigenvalue weighted by molar-refractivity contribution is 5.89. The Hall–Kier alpha value is -2.31. The van der Waals surface area contributed by atoms with Gasteiger partial charge in [-0.25, -0.2) is 4.79 Å². The highest BCUT2D eigenvalue weighted by Gasteiger charge is 2.29. The number of hydrogen-bond donors (Lipinski definition) is 1. The van der Waals surface area contributed by atoms with Gasteiger partial charge in [0.25, 0.3) is 5.91 Å². The Morgan fingerprint density at radius 1 is 1.13 bits per heavy atom. The second-order valence-electron chi connectivity index (χ2n) is 5.86. The average Bonchev–Trinajstić information content (AvgIpc) is 2.40. The molecular weight excluding hydrogens is 311 g/mol. The molecule has 1 N–H and O–H groups in total. The van der Waals surface area contributed by atoms with Crippen molar-refractivity contribution in [1.82, 2.24) is 5.32 Å². The normalized spacial score (nSPS) is 12.3. The standard InChI is InChI=1S/C16H18F3NO3/c1-15(2,3)20-13(21)10-23-14(22)9-6-11-4-7-12(8-5-11)16(17,18)19/h4-9H,10H2,1-3H3,(H,20,21)/b9-6+. The van der Waals surface area contributed by atoms with Crippen LogP contribution in [0.15, 0.2) is 30.3 Å². The minimum Gasteiger partial charge on any atom is -0.452 e. The average molecular weight is 329 g/mol. The van der Waals surface area contributed by atoms with Gasteiger partial charge in [0, 0.05) is 11.6 Å². The number of benzene rings is 1. The Balaban J connectivity index is 2.51. The molecule has 0 unspecified atom stereocenters. The van der Waals surface area contributed by atoms with Gasteiger partial charge in [0.2, 0.25) is 0 Å². The molecule has 1 aromatic rings. The van der Waals surface area contributed by atoms with Gasteiger partial charge in [0.15, 0.2) is 6.61 Å². The van der Waals surface area contributed by atoms with E-state index in [4.69, 9.17) is 4.74 Å². The Morgan fingerprint density at radius 2 is 1.70 bits per heavy atom. The number of esters is 1. The quantitative estimate of drug-likeness (QED) is 0.682. The fourth-order valence-electron chi connectivity index (χ4n) is 1.59. The number of hydrogen-bond acceptors (Lipinski definition) is 3. The third-order valence-electron chi connectivity index (χ3n) is 2.51. The molecule has 7 heteroatoms. The summed E-state index contributed by atoms with van der Waals surface area (Å²) in [6, 6.07) is 4.31. The molecular formula is C16H18F3NO3. The first kappa shape index (κ1) is 18.7. The molecule has 0 aromatic heterocycles. The summed E-state index contributed by atoms with van der Waals surface area (Å²) in [4.78, 5) is 22.9. The van der Waals surface area contributed by atoms with Gasteiger partial charge in [-0.3, -0.25) is 4.79 Å². The maximum Gasteiger partial charge on any atom is 0.416 e. The summed E-state index contributed by atoms with van der Waals surface area (Å²) in [6.45, 7) is 4.94. The third-order valence-corrected chi connectivity index (χ3v) is 2.51. The molecule has 0 radical (unpaired) electrons. The first-order valence-corrected chi connectivity index (χ1v) is 6.80. The fourth-order valence-corrected chi connectivity index (χ4v) is 1.59. The van der Waals surface area contributed by atoms with E-state index in [9.17, 15) is 22.8 Å². The van der Waals surface area contributed by atoms with Crippen molar-refractivity contribution in [1.29, 1.82) is 0 Å². The van der Waals surface area contributed by atoms with E-state index in [0.29, 0.717) is 5.56 Å². The number of carbonyl (C=O) groups is 2. The molecule has 23 heavy (non-hydrogen) atoms. The summed E-state index contributed by atoms with van der Waals surface area (Å²) in [5.41, 5.74) is -0.787. The lowest BCUT2D eigenvalue weighted by atomic mass is 10.1. The number of rotatable bonds is 4. The van der Waals surface area contributed by atoms with Crippen molar-refractivity contribution in [2.24, 2.45) is 0 Å². The molecule has 1 rings (SSSR count). The monoisotopic (exact) mass is 329 g/mol. The number of carbonyl (C=O) groups excluding carboxylic acids is 2. The maximum atomic E-state index is 12.4. The first-order valence-electron chi connectivity index (χ1n) is 6.80. The van der Waals surface area contributed by atoms with Crippen molar-refractivity contribution in [3.8, 4) is 0 Å². The van der Waals surface area contributed by atoms with Crippen molar-refractivity contribution >= 4 is 18.0 Å². The molecule has 4 nitrogen and oxygen atoms in total. The second kappa shape index (κ2) is 7.30. The summed E-state index contributed by atoms with van der Waals surface area (Å²) in [5.74, 6) is -1.19. The molecule has 0 aliphatic rings. The predicted molar refractivity (Wildman–Crippen MR) is 79.3 cm³/mol. The molecule has 0 aliphatic carbocycles. The van der Waals surface area contributed by atoms with E-state index in [0.717, 1.165) is 18.2 Å². The van der Waals surface area contributed by atoms with Crippen LogP contribution in [0.4, 0.5) is 13.2 Å². The maximum absolute atomic E-state index is 12.4. The van der Waals surface area contributed by atoms with Crippen molar-refractivity contribution < 1.29 is 27.5 Å². The van der Waals surface area contributed by atoms with Crippen molar-refractivity contribution in [3.63, 3.8) is 0 Å². The number of halogens is 3. The smallest absolute Gasteiger partial charge is 0.416 e. The molecule has 1 aromatic carbocycles. The van der Waals surface area contributed by atoms with Crippen LogP contribution in [0.5, 0.6) is 0 Å². The first-order chi connectivity index (χ1) is 10.5. The van der Waals surface area contributed by atoms with Gasteiger partial charge in [-0.2, -0.15) is 13.2 Å². The van der Waals surface area contributed by atoms with Crippen LogP contribution in [-0.4, -0.2) is 24.0 Å². The minimum absolute atomic E-state index is 0.411. The van der Waals surface area contributed by atoms with E-state index in [1.165, 1.54) is 18.2 Å². The van der Waals surface area contributed by atoms with E-state index < -0.39 is 35.8 Å². The van der Waals surface area contributed by atoms with Gasteiger partial charge in [0.1, 0.15) is 0 Å². The molecule has 0 heterocycles. The van der Waals surface area contributed by atoms with E-state index >= 15 is 0 Å². The van der Waals surface area contributed by atoms with Crippen molar-refractivity contribution in [2.45, 2.75) is 32.5 Å². The highest BCUT2D eigenvalue weighted by atomic mass is 19.4. The molecule has 0 bridgehead atoms. The van der Waals surface area contributed by atoms with Crippen LogP contribution in [0.2, 0.25) is 0 Å². The summed E-state index contributed by atoms with van der Waals surface area (Å²) < 4.78 is 41.9. The van der Waals surface area contributed by atoms with Gasteiger partial charge in [-0.05, 0) is 44.5 Å². The topological polar surface area (TPSA) is 55.4 Å². The van der Waals surface area contributed by atoms with Crippen LogP contribution in [0, 0.1) is 0 Å². The molecule has 0 saturated carbocycles. The zero-order valence-corrected chi connectivity index (χ0v) is 13.0. The zero-order valence-electron chi connectivity index (χ0n) is 13.0. The van der Waals surface area contributed by atoms with Crippen LogP contribution in [0.3, 0.4) is 0 Å². The van der Waals surface area contributed by atoms with Gasteiger partial charge in [-0.1, -0.05) is 12.1 Å². The van der Waals surface area contributed by atoms with Crippen LogP contribution >= 0.6 is 0 Å². The van der Waals surface area contributed by atoms with Crippen molar-refractivity contribution in [3.05, 3.63) is 41.5 Å². The van der Waals surface area contributed by atoms with Crippen LogP contribution in [0.1, 0.15) is 31.9 Å². The molecule has 0 fully saturated rings. The Bertz CT molecular complexity index is 584. The lowest BCUT2D eigenvalue weighted by Gasteiger charge is -2.20. The van der Waals surface area contributed by atoms with E-state index in [2.05, 4.69) is 5.32 Å². The Kier molecular flexibility index (Phi) is 5.95. The summed E-state index contributed by atoms with van der Waals surface area (Å²) in [6.07, 6.45) is -2.04. The van der Waals surface area contributed by atoms with Gasteiger partial charge in [-0.15, -0.1) is 0 Å². The summed E-state index contributed by atoms with van der Waals surface area (Å²) >= 11 is 0. The summed E-state index contributed by atoms with van der Waals surface area (Å²) in [7, 11) is 0. The van der Waals surface area contributed by atoms with Crippen LogP contribution in [0.25, 0.3) is 6.08 Å².